The molecule has 0 aromatic rings. The van der Waals surface area contributed by atoms with Crippen LogP contribution in [0.25, 0.3) is 0 Å². The molecule has 2 unspecified atom stereocenters. The normalized spacial score (nSPS) is 27.3. The van der Waals surface area contributed by atoms with Crippen LogP contribution in [0.5, 0.6) is 0 Å². The lowest BCUT2D eigenvalue weighted by molar-refractivity contribution is 0.115. The lowest BCUT2D eigenvalue weighted by atomic mass is 10.2. The van der Waals surface area contributed by atoms with E-state index in [0.29, 0.717) is 6.54 Å². The van der Waals surface area contributed by atoms with Crippen LogP contribution in [0.2, 0.25) is 0 Å². The lowest BCUT2D eigenvalue weighted by Gasteiger charge is -2.27. The summed E-state index contributed by atoms with van der Waals surface area (Å²) in [6.45, 7) is 6.10. The van der Waals surface area contributed by atoms with Crippen LogP contribution in [0.1, 0.15) is 6.42 Å². The Morgan fingerprint density at radius 1 is 1.72 bits per heavy atom. The number of likely N-dealkylation sites (tertiary alicyclic amines) is 1. The zero-order valence-corrected chi connectivity index (χ0v) is 11.5. The molecule has 0 aromatic heterocycles. The number of nitrogens with zero attached hydrogens (tertiary/aromatic N) is 3. The Morgan fingerprint density at radius 3 is 3.11 bits per heavy atom. The summed E-state index contributed by atoms with van der Waals surface area (Å²) in [5.74, 6) is 0.974. The van der Waals surface area contributed by atoms with Crippen molar-refractivity contribution in [2.75, 3.05) is 33.3 Å². The molecule has 1 amide bonds. The molecule has 6 heteroatoms. The monoisotopic (exact) mass is 269 g/mol. The molecule has 2 rings (SSSR count). The van der Waals surface area contributed by atoms with Crippen molar-refractivity contribution < 1.29 is 9.53 Å². The van der Waals surface area contributed by atoms with Crippen molar-refractivity contribution in [3.63, 3.8) is 0 Å². The summed E-state index contributed by atoms with van der Waals surface area (Å²) in [5, 5.41) is 0.183. The first kappa shape index (κ1) is 13.3. The third-order valence-corrected chi connectivity index (χ3v) is 3.61. The number of amidine groups is 1. The van der Waals surface area contributed by atoms with E-state index in [-0.39, 0.29) is 24.0 Å². The predicted molar refractivity (Wildman–Crippen MR) is 74.4 cm³/mol. The van der Waals surface area contributed by atoms with Crippen LogP contribution in [0.3, 0.4) is 0 Å². The highest BCUT2D eigenvalue weighted by atomic mass is 32.1. The number of thiol groups is 1. The maximum atomic E-state index is 12.0. The Labute approximate surface area is 113 Å². The van der Waals surface area contributed by atoms with E-state index in [1.807, 2.05) is 7.05 Å². The van der Waals surface area contributed by atoms with Gasteiger partial charge in [-0.3, -0.25) is 9.89 Å². The number of aliphatic imine (C=N–C) groups is 1. The molecule has 1 fully saturated rings. The molecule has 1 saturated heterocycles. The highest BCUT2D eigenvalue weighted by molar-refractivity contribution is 7.81. The largest absolute Gasteiger partial charge is 0.445 e. The Balaban J connectivity index is 2.07. The van der Waals surface area contributed by atoms with E-state index in [2.05, 4.69) is 29.1 Å². The minimum atomic E-state index is -0.306. The molecule has 0 bridgehead atoms. The van der Waals surface area contributed by atoms with Gasteiger partial charge in [0.25, 0.3) is 0 Å². The van der Waals surface area contributed by atoms with Crippen LogP contribution in [0.15, 0.2) is 17.6 Å². The molecule has 0 saturated carbocycles. The summed E-state index contributed by atoms with van der Waals surface area (Å²) >= 11 is 4.48. The van der Waals surface area contributed by atoms with Crippen LogP contribution in [0.4, 0.5) is 4.79 Å². The zero-order chi connectivity index (χ0) is 13.1. The minimum absolute atomic E-state index is 0.00249. The van der Waals surface area contributed by atoms with Gasteiger partial charge in [-0.1, -0.05) is 12.7 Å². The number of hydrogen-bond donors (Lipinski definition) is 1. The van der Waals surface area contributed by atoms with Crippen molar-refractivity contribution in [2.45, 2.75) is 17.7 Å². The SMILES string of the molecule is C=CCOC(=O)N1CC(S)CC1C1=NCCN1C. The average Bonchev–Trinajstić information content (AvgIpc) is 2.91. The smallest absolute Gasteiger partial charge is 0.410 e. The summed E-state index contributed by atoms with van der Waals surface area (Å²) in [4.78, 5) is 20.3. The van der Waals surface area contributed by atoms with Crippen molar-refractivity contribution >= 4 is 24.6 Å². The van der Waals surface area contributed by atoms with Crippen LogP contribution >= 0.6 is 12.6 Å². The van der Waals surface area contributed by atoms with E-state index in [1.54, 1.807) is 11.0 Å². The topological polar surface area (TPSA) is 45.1 Å². The van der Waals surface area contributed by atoms with Crippen molar-refractivity contribution in [1.82, 2.24) is 9.80 Å². The van der Waals surface area contributed by atoms with Gasteiger partial charge < -0.3 is 9.64 Å². The van der Waals surface area contributed by atoms with Gasteiger partial charge in [0.05, 0.1) is 12.6 Å². The Morgan fingerprint density at radius 2 is 2.50 bits per heavy atom. The van der Waals surface area contributed by atoms with Gasteiger partial charge in [-0.05, 0) is 6.42 Å². The number of ether oxygens (including phenoxy) is 1. The molecule has 18 heavy (non-hydrogen) atoms. The van der Waals surface area contributed by atoms with Crippen molar-refractivity contribution in [1.29, 1.82) is 0 Å². The number of hydrogen-bond acceptors (Lipinski definition) is 5. The molecule has 0 aromatic carbocycles. The van der Waals surface area contributed by atoms with Crippen molar-refractivity contribution in [2.24, 2.45) is 4.99 Å². The predicted octanol–water partition coefficient (Wildman–Crippen LogP) is 1.03. The molecule has 5 nitrogen and oxygen atoms in total. The van der Waals surface area contributed by atoms with Gasteiger partial charge in [-0.2, -0.15) is 12.6 Å². The van der Waals surface area contributed by atoms with Gasteiger partial charge in [-0.15, -0.1) is 0 Å². The molecule has 2 aliphatic heterocycles. The van der Waals surface area contributed by atoms with Crippen LogP contribution < -0.4 is 0 Å². The van der Waals surface area contributed by atoms with E-state index in [4.69, 9.17) is 4.74 Å². The second-order valence-electron chi connectivity index (χ2n) is 4.58. The first-order valence-corrected chi connectivity index (χ1v) is 6.63. The number of carbonyl (C=O) groups excluding carboxylic acids is 1. The van der Waals surface area contributed by atoms with E-state index >= 15 is 0 Å². The van der Waals surface area contributed by atoms with Crippen molar-refractivity contribution in [3.05, 3.63) is 12.7 Å². The highest BCUT2D eigenvalue weighted by Crippen LogP contribution is 2.25. The number of rotatable bonds is 3. The molecule has 0 aliphatic carbocycles. The highest BCUT2D eigenvalue weighted by Gasteiger charge is 2.39. The van der Waals surface area contributed by atoms with Gasteiger partial charge in [0.15, 0.2) is 0 Å². The Bertz CT molecular complexity index is 372. The second-order valence-corrected chi connectivity index (χ2v) is 5.32. The molecule has 100 valence electrons. The van der Waals surface area contributed by atoms with Crippen LogP contribution in [0, 0.1) is 0 Å². The fourth-order valence-electron chi connectivity index (χ4n) is 2.38. The van der Waals surface area contributed by atoms with Gasteiger partial charge in [-0.25, -0.2) is 4.79 Å². The lowest BCUT2D eigenvalue weighted by Crippen LogP contribution is -2.45. The third kappa shape index (κ3) is 2.63. The molecule has 0 N–H and O–H groups in total. The number of carbonyl (C=O) groups is 1. The van der Waals surface area contributed by atoms with Crippen molar-refractivity contribution in [3.8, 4) is 0 Å². The van der Waals surface area contributed by atoms with E-state index in [9.17, 15) is 4.79 Å². The summed E-state index contributed by atoms with van der Waals surface area (Å²) < 4.78 is 5.11. The molecule has 2 aliphatic rings. The van der Waals surface area contributed by atoms with Crippen LogP contribution in [-0.2, 0) is 4.74 Å². The molecule has 2 atom stereocenters. The molecule has 2 heterocycles. The quantitative estimate of drug-likeness (QED) is 0.615. The second kappa shape index (κ2) is 5.65. The molecule has 0 radical (unpaired) electrons. The van der Waals surface area contributed by atoms with Crippen LogP contribution in [-0.4, -0.2) is 66.3 Å². The zero-order valence-electron chi connectivity index (χ0n) is 10.6. The summed E-state index contributed by atoms with van der Waals surface area (Å²) in [5.41, 5.74) is 0. The number of amides is 1. The maximum Gasteiger partial charge on any atom is 0.410 e. The Hall–Kier alpha value is -1.17. The Kier molecular flexibility index (Phi) is 4.16. The molecular formula is C12H19N3O2S. The van der Waals surface area contributed by atoms with E-state index in [0.717, 1.165) is 25.3 Å². The first-order valence-electron chi connectivity index (χ1n) is 6.11. The van der Waals surface area contributed by atoms with E-state index in [1.165, 1.54) is 0 Å². The van der Waals surface area contributed by atoms with Gasteiger partial charge >= 0.3 is 6.09 Å². The maximum absolute atomic E-state index is 12.0. The summed E-state index contributed by atoms with van der Waals surface area (Å²) in [6.07, 6.45) is 2.09. The molecular weight excluding hydrogens is 250 g/mol. The third-order valence-electron chi connectivity index (χ3n) is 3.24. The fraction of sp³-hybridized carbons (Fsp3) is 0.667. The standard InChI is InChI=1S/C12H19N3O2S/c1-3-6-17-12(16)15-8-9(18)7-10(15)11-13-4-5-14(11)2/h3,9-10,18H,1,4-8H2,2H3. The average molecular weight is 269 g/mol. The summed E-state index contributed by atoms with van der Waals surface area (Å²) in [7, 11) is 2.00. The fourth-order valence-corrected chi connectivity index (χ4v) is 2.76. The van der Waals surface area contributed by atoms with E-state index < -0.39 is 0 Å². The first-order chi connectivity index (χ1) is 8.63. The summed E-state index contributed by atoms with van der Waals surface area (Å²) in [6, 6.07) is -0.00249. The number of likely N-dealkylation sites (N-methyl/N-ethyl adjacent to an activating group) is 1. The van der Waals surface area contributed by atoms with Gasteiger partial charge in [0.1, 0.15) is 12.4 Å². The van der Waals surface area contributed by atoms with Gasteiger partial charge in [0, 0.05) is 25.4 Å². The van der Waals surface area contributed by atoms with Gasteiger partial charge in [0.2, 0.25) is 0 Å². The minimum Gasteiger partial charge on any atom is -0.445 e. The molecule has 0 spiro atoms.